The van der Waals surface area contributed by atoms with Gasteiger partial charge in [0.2, 0.25) is 0 Å². The molecule has 2 aromatic carbocycles. The zero-order valence-corrected chi connectivity index (χ0v) is 25.2. The summed E-state index contributed by atoms with van der Waals surface area (Å²) in [6.07, 6.45) is 13.0. The van der Waals surface area contributed by atoms with Crippen molar-refractivity contribution >= 4 is 0 Å². The molecule has 196 valence electrons. The van der Waals surface area contributed by atoms with E-state index in [-0.39, 0.29) is 27.1 Å². The highest BCUT2D eigenvalue weighted by molar-refractivity contribution is 5.80. The topological polar surface area (TPSA) is 0 Å². The summed E-state index contributed by atoms with van der Waals surface area (Å²) in [5.74, 6) is 0.601. The highest BCUT2D eigenvalue weighted by atomic mass is 14.5. The van der Waals surface area contributed by atoms with Gasteiger partial charge < -0.3 is 0 Å². The van der Waals surface area contributed by atoms with Crippen molar-refractivity contribution in [3.8, 4) is 11.1 Å². The lowest BCUT2D eigenvalue weighted by Crippen LogP contribution is -2.48. The Bertz CT molecular complexity index is 1370. The van der Waals surface area contributed by atoms with E-state index in [9.17, 15) is 0 Å². The molecule has 0 radical (unpaired) electrons. The Kier molecular flexibility index (Phi) is 5.12. The Hall–Kier alpha value is -2.08. The van der Waals surface area contributed by atoms with Crippen LogP contribution in [0, 0.1) is 11.3 Å². The van der Waals surface area contributed by atoms with E-state index < -0.39 is 0 Å². The monoisotopic (exact) mass is 492 g/mol. The minimum Gasteiger partial charge on any atom is -0.0804 e. The maximum absolute atomic E-state index is 2.64. The van der Waals surface area contributed by atoms with Gasteiger partial charge in [0.15, 0.2) is 0 Å². The summed E-state index contributed by atoms with van der Waals surface area (Å²) in [7, 11) is 0. The van der Waals surface area contributed by atoms with E-state index in [1.165, 1.54) is 30.4 Å². The Morgan fingerprint density at radius 3 is 1.73 bits per heavy atom. The zero-order chi connectivity index (χ0) is 26.8. The molecule has 0 saturated heterocycles. The maximum atomic E-state index is 2.64. The summed E-state index contributed by atoms with van der Waals surface area (Å²) in [5, 5.41) is 0. The Labute approximate surface area is 226 Å². The Morgan fingerprint density at radius 1 is 0.676 bits per heavy atom. The van der Waals surface area contributed by atoms with Crippen LogP contribution >= 0.6 is 0 Å². The minimum atomic E-state index is 0.130. The van der Waals surface area contributed by atoms with Crippen LogP contribution in [0.3, 0.4) is 0 Å². The molecule has 0 heterocycles. The van der Waals surface area contributed by atoms with Crippen molar-refractivity contribution in [3.05, 3.63) is 81.4 Å². The molecule has 0 spiro atoms. The van der Waals surface area contributed by atoms with Crippen LogP contribution in [0.25, 0.3) is 11.1 Å². The van der Waals surface area contributed by atoms with Crippen LogP contribution in [0.2, 0.25) is 0 Å². The first-order valence-electron chi connectivity index (χ1n) is 14.8. The minimum absolute atomic E-state index is 0.130. The lowest BCUT2D eigenvalue weighted by atomic mass is 9.50. The van der Waals surface area contributed by atoms with E-state index in [0.717, 1.165) is 12.8 Å². The average Bonchev–Trinajstić information content (AvgIpc) is 3.46. The predicted molar refractivity (Wildman–Crippen MR) is 160 cm³/mol. The molecule has 0 N–H and O–H groups in total. The molecule has 4 aliphatic rings. The van der Waals surface area contributed by atoms with Crippen LogP contribution in [0.1, 0.15) is 128 Å². The molecular formula is C37H48. The van der Waals surface area contributed by atoms with E-state index in [2.05, 4.69) is 112 Å². The third kappa shape index (κ3) is 3.53. The highest BCUT2D eigenvalue weighted by Crippen LogP contribution is 2.59. The third-order valence-corrected chi connectivity index (χ3v) is 11.5. The molecule has 1 atom stereocenters. The molecule has 0 amide bonds. The van der Waals surface area contributed by atoms with Crippen molar-refractivity contribution < 1.29 is 0 Å². The summed E-state index contributed by atoms with van der Waals surface area (Å²) >= 11 is 0. The average molecular weight is 493 g/mol. The van der Waals surface area contributed by atoms with Gasteiger partial charge in [-0.05, 0) is 110 Å². The van der Waals surface area contributed by atoms with E-state index in [0.29, 0.717) is 5.92 Å². The normalized spacial score (nSPS) is 25.7. The van der Waals surface area contributed by atoms with Crippen LogP contribution in [-0.2, 0) is 28.1 Å². The molecule has 37 heavy (non-hydrogen) atoms. The van der Waals surface area contributed by atoms with E-state index in [1.54, 1.807) is 39.0 Å². The van der Waals surface area contributed by atoms with Crippen LogP contribution in [0.4, 0.5) is 0 Å². The van der Waals surface area contributed by atoms with Crippen molar-refractivity contribution in [2.45, 2.75) is 123 Å². The van der Waals surface area contributed by atoms with Crippen LogP contribution in [0.5, 0.6) is 0 Å². The molecule has 2 aromatic rings. The van der Waals surface area contributed by atoms with Crippen molar-refractivity contribution in [2.24, 2.45) is 11.3 Å². The summed E-state index contributed by atoms with van der Waals surface area (Å²) in [5.41, 5.74) is 15.1. The van der Waals surface area contributed by atoms with Gasteiger partial charge in [0, 0.05) is 0 Å². The molecule has 0 fully saturated rings. The molecule has 0 aromatic heterocycles. The Morgan fingerprint density at radius 2 is 1.19 bits per heavy atom. The van der Waals surface area contributed by atoms with E-state index in [1.807, 2.05) is 0 Å². The number of rotatable bonds is 2. The molecule has 6 rings (SSSR count). The molecule has 0 aliphatic heterocycles. The quantitative estimate of drug-likeness (QED) is 0.334. The van der Waals surface area contributed by atoms with Gasteiger partial charge in [-0.2, -0.15) is 0 Å². The number of hydrogen-bond acceptors (Lipinski definition) is 0. The van der Waals surface area contributed by atoms with Crippen molar-refractivity contribution in [1.82, 2.24) is 0 Å². The number of benzene rings is 2. The fraction of sp³-hybridized carbons (Fsp3) is 0.568. The number of allylic oxidation sites excluding steroid dienone is 4. The SMILES string of the molecule is CC1(C)CCC(C)(C)c2cc3c(cc21)Cc1cc2c(cc1-3)C(C)(C)CC(C(C)(C)C1=CC=CC1)C2(C)C. The molecular weight excluding hydrogens is 444 g/mol. The maximum Gasteiger partial charge on any atom is -0.00132 e. The van der Waals surface area contributed by atoms with Crippen LogP contribution in [-0.4, -0.2) is 0 Å². The molecule has 1 unspecified atom stereocenters. The first kappa shape index (κ1) is 25.2. The second-order valence-corrected chi connectivity index (χ2v) is 16.0. The molecule has 0 saturated carbocycles. The number of fused-ring (bicyclic) bond motifs is 5. The second-order valence-electron chi connectivity index (χ2n) is 16.0. The van der Waals surface area contributed by atoms with Crippen LogP contribution in [0.15, 0.2) is 48.1 Å². The predicted octanol–water partition coefficient (Wildman–Crippen LogP) is 10.1. The van der Waals surface area contributed by atoms with Gasteiger partial charge in [-0.15, -0.1) is 0 Å². The smallest absolute Gasteiger partial charge is 0.00132 e. The van der Waals surface area contributed by atoms with Crippen LogP contribution < -0.4 is 0 Å². The third-order valence-electron chi connectivity index (χ3n) is 11.5. The van der Waals surface area contributed by atoms with Crippen molar-refractivity contribution in [2.75, 3.05) is 0 Å². The fourth-order valence-corrected chi connectivity index (χ4v) is 8.76. The van der Waals surface area contributed by atoms with Crippen molar-refractivity contribution in [1.29, 1.82) is 0 Å². The Balaban J connectivity index is 1.50. The lowest BCUT2D eigenvalue weighted by Gasteiger charge is -2.54. The molecule has 0 nitrogen and oxygen atoms in total. The van der Waals surface area contributed by atoms with Gasteiger partial charge in [-0.3, -0.25) is 0 Å². The lowest BCUT2D eigenvalue weighted by molar-refractivity contribution is 0.105. The van der Waals surface area contributed by atoms with Gasteiger partial charge in [0.25, 0.3) is 0 Å². The molecule has 0 heteroatoms. The summed E-state index contributed by atoms with van der Waals surface area (Å²) < 4.78 is 0. The van der Waals surface area contributed by atoms with Gasteiger partial charge in [0.1, 0.15) is 0 Å². The summed E-state index contributed by atoms with van der Waals surface area (Å²) in [4.78, 5) is 0. The first-order valence-corrected chi connectivity index (χ1v) is 14.8. The summed E-state index contributed by atoms with van der Waals surface area (Å²) in [6, 6.07) is 10.5. The number of hydrogen-bond donors (Lipinski definition) is 0. The largest absolute Gasteiger partial charge is 0.0804 e. The van der Waals surface area contributed by atoms with Crippen molar-refractivity contribution in [3.63, 3.8) is 0 Å². The zero-order valence-electron chi connectivity index (χ0n) is 25.2. The van der Waals surface area contributed by atoms with Gasteiger partial charge in [-0.1, -0.05) is 117 Å². The molecule has 0 bridgehead atoms. The van der Waals surface area contributed by atoms with Gasteiger partial charge in [-0.25, -0.2) is 0 Å². The standard InChI is InChI=1S/C37H48/c1-33(2)15-16-34(3,4)29-20-26-23(18-28(29)33)17-24-19-31-30(21-27(24)26)35(5,6)22-32(37(31,9)10)36(7,8)25-13-11-12-14-25/h11-13,18-21,32H,14-17,22H2,1-10H3. The van der Waals surface area contributed by atoms with E-state index in [4.69, 9.17) is 0 Å². The second kappa shape index (κ2) is 7.52. The van der Waals surface area contributed by atoms with E-state index >= 15 is 0 Å². The summed E-state index contributed by atoms with van der Waals surface area (Å²) in [6.45, 7) is 24.9. The highest BCUT2D eigenvalue weighted by Gasteiger charge is 2.51. The van der Waals surface area contributed by atoms with Gasteiger partial charge in [0.05, 0.1) is 0 Å². The van der Waals surface area contributed by atoms with Gasteiger partial charge >= 0.3 is 0 Å². The first-order chi connectivity index (χ1) is 17.1. The fourth-order valence-electron chi connectivity index (χ4n) is 8.76. The molecule has 4 aliphatic carbocycles.